The van der Waals surface area contributed by atoms with Gasteiger partial charge >= 0.3 is 6.09 Å². The zero-order valence-electron chi connectivity index (χ0n) is 21.1. The standard InChI is InChI=1S/C27H33FN4O5/c1-18-13-31(14-21(18)11-30-26(34)17-36-16-20-6-4-3-5-7-20)25-9-8-22(10-24(25)28)32-15-23(37-27(32)35)12-29-19(2)33/h3-10,18,21,23H,11-17H2,1-2H3,(H,29,33)(H,30,34)/t18-,21+,23+/m1/s1. The van der Waals surface area contributed by atoms with Gasteiger partial charge in [-0.25, -0.2) is 9.18 Å². The Morgan fingerprint density at radius 3 is 2.59 bits per heavy atom. The van der Waals surface area contributed by atoms with Crippen molar-refractivity contribution in [3.63, 3.8) is 0 Å². The van der Waals surface area contributed by atoms with Gasteiger partial charge in [-0.15, -0.1) is 0 Å². The zero-order valence-corrected chi connectivity index (χ0v) is 21.1. The van der Waals surface area contributed by atoms with E-state index < -0.39 is 18.0 Å². The van der Waals surface area contributed by atoms with Gasteiger partial charge in [-0.05, 0) is 35.6 Å². The summed E-state index contributed by atoms with van der Waals surface area (Å²) in [5.41, 5.74) is 1.87. The number of hydrogen-bond donors (Lipinski definition) is 2. The Kier molecular flexibility index (Phi) is 8.60. The molecule has 0 radical (unpaired) electrons. The number of rotatable bonds is 10. The number of benzene rings is 2. The van der Waals surface area contributed by atoms with Crippen molar-refractivity contribution in [2.24, 2.45) is 11.8 Å². The Morgan fingerprint density at radius 1 is 1.08 bits per heavy atom. The number of amides is 3. The summed E-state index contributed by atoms with van der Waals surface area (Å²) in [5, 5.41) is 5.55. The maximum absolute atomic E-state index is 15.1. The Balaban J connectivity index is 1.26. The van der Waals surface area contributed by atoms with Gasteiger partial charge in [0.05, 0.1) is 31.1 Å². The first-order chi connectivity index (χ1) is 17.8. The highest BCUT2D eigenvalue weighted by molar-refractivity contribution is 5.90. The van der Waals surface area contributed by atoms with E-state index in [4.69, 9.17) is 9.47 Å². The van der Waals surface area contributed by atoms with Crippen LogP contribution in [-0.2, 0) is 25.7 Å². The van der Waals surface area contributed by atoms with E-state index in [2.05, 4.69) is 17.6 Å². The van der Waals surface area contributed by atoms with Gasteiger partial charge in [-0.1, -0.05) is 37.3 Å². The van der Waals surface area contributed by atoms with Crippen LogP contribution >= 0.6 is 0 Å². The number of anilines is 2. The number of hydrogen-bond acceptors (Lipinski definition) is 6. The molecule has 198 valence electrons. The molecule has 2 aliphatic heterocycles. The van der Waals surface area contributed by atoms with E-state index >= 15 is 4.39 Å². The van der Waals surface area contributed by atoms with E-state index in [0.717, 1.165) is 5.56 Å². The highest BCUT2D eigenvalue weighted by atomic mass is 19.1. The predicted molar refractivity (Wildman–Crippen MR) is 137 cm³/mol. The molecule has 2 heterocycles. The molecule has 3 amide bonds. The Bertz CT molecular complexity index is 1120. The number of nitrogens with zero attached hydrogens (tertiary/aromatic N) is 2. The van der Waals surface area contributed by atoms with Gasteiger partial charge in [-0.3, -0.25) is 14.5 Å². The first kappa shape index (κ1) is 26.4. The van der Waals surface area contributed by atoms with Crippen LogP contribution in [0.1, 0.15) is 19.4 Å². The molecular weight excluding hydrogens is 479 g/mol. The molecule has 0 saturated carbocycles. The third-order valence-corrected chi connectivity index (χ3v) is 6.71. The minimum Gasteiger partial charge on any atom is -0.442 e. The van der Waals surface area contributed by atoms with Crippen LogP contribution in [0.25, 0.3) is 0 Å². The van der Waals surface area contributed by atoms with E-state index in [1.165, 1.54) is 17.9 Å². The van der Waals surface area contributed by atoms with Gasteiger partial charge in [0.25, 0.3) is 0 Å². The maximum Gasteiger partial charge on any atom is 0.414 e. The number of carbonyl (C=O) groups excluding carboxylic acids is 3. The minimum atomic E-state index is -0.569. The van der Waals surface area contributed by atoms with Crippen LogP contribution in [0.3, 0.4) is 0 Å². The lowest BCUT2D eigenvalue weighted by molar-refractivity contribution is -0.126. The number of halogens is 1. The van der Waals surface area contributed by atoms with Gasteiger partial charge in [0, 0.05) is 26.6 Å². The molecule has 9 nitrogen and oxygen atoms in total. The molecule has 2 N–H and O–H groups in total. The van der Waals surface area contributed by atoms with E-state index in [9.17, 15) is 14.4 Å². The number of ether oxygens (including phenoxy) is 2. The van der Waals surface area contributed by atoms with Crippen LogP contribution in [0.2, 0.25) is 0 Å². The minimum absolute atomic E-state index is 0.0135. The topological polar surface area (TPSA) is 100 Å². The summed E-state index contributed by atoms with van der Waals surface area (Å²) in [7, 11) is 0. The average Bonchev–Trinajstić information content (AvgIpc) is 3.43. The van der Waals surface area contributed by atoms with Crippen molar-refractivity contribution in [3.8, 4) is 0 Å². The summed E-state index contributed by atoms with van der Waals surface area (Å²) in [6, 6.07) is 14.4. The smallest absolute Gasteiger partial charge is 0.414 e. The van der Waals surface area contributed by atoms with Crippen molar-refractivity contribution < 1.29 is 28.2 Å². The molecule has 0 spiro atoms. The average molecular weight is 513 g/mol. The monoisotopic (exact) mass is 512 g/mol. The van der Waals surface area contributed by atoms with Crippen molar-refractivity contribution in [2.75, 3.05) is 49.1 Å². The van der Waals surface area contributed by atoms with Crippen LogP contribution in [0.5, 0.6) is 0 Å². The molecule has 2 saturated heterocycles. The number of carbonyl (C=O) groups is 3. The van der Waals surface area contributed by atoms with Gasteiger partial charge in [0.2, 0.25) is 11.8 Å². The van der Waals surface area contributed by atoms with Crippen molar-refractivity contribution in [3.05, 3.63) is 59.9 Å². The molecule has 2 aromatic rings. The molecule has 37 heavy (non-hydrogen) atoms. The summed E-state index contributed by atoms with van der Waals surface area (Å²) < 4.78 is 25.9. The molecule has 0 bridgehead atoms. The molecule has 0 unspecified atom stereocenters. The first-order valence-electron chi connectivity index (χ1n) is 12.5. The molecule has 2 fully saturated rings. The second-order valence-corrected chi connectivity index (χ2v) is 9.61. The van der Waals surface area contributed by atoms with Crippen LogP contribution in [0.4, 0.5) is 20.6 Å². The first-order valence-corrected chi connectivity index (χ1v) is 12.5. The molecule has 2 aromatic carbocycles. The van der Waals surface area contributed by atoms with Crippen LogP contribution in [0.15, 0.2) is 48.5 Å². The number of cyclic esters (lactones) is 1. The van der Waals surface area contributed by atoms with Crippen LogP contribution in [0, 0.1) is 17.7 Å². The van der Waals surface area contributed by atoms with Gasteiger partial charge < -0.3 is 25.0 Å². The molecule has 4 rings (SSSR count). The summed E-state index contributed by atoms with van der Waals surface area (Å²) in [6.07, 6.45) is -1.06. The normalized spacial score (nSPS) is 21.2. The second-order valence-electron chi connectivity index (χ2n) is 9.61. The molecule has 2 aliphatic rings. The summed E-state index contributed by atoms with van der Waals surface area (Å²) in [5.74, 6) is -0.389. The highest BCUT2D eigenvalue weighted by Gasteiger charge is 2.34. The highest BCUT2D eigenvalue weighted by Crippen LogP contribution is 2.32. The Labute approximate surface area is 215 Å². The molecule has 0 aliphatic carbocycles. The maximum atomic E-state index is 15.1. The second kappa shape index (κ2) is 12.1. The fourth-order valence-corrected chi connectivity index (χ4v) is 4.64. The largest absolute Gasteiger partial charge is 0.442 e. The van der Waals surface area contributed by atoms with Crippen molar-refractivity contribution >= 4 is 29.3 Å². The van der Waals surface area contributed by atoms with Gasteiger partial charge in [0.1, 0.15) is 18.5 Å². The number of nitrogens with one attached hydrogen (secondary N) is 2. The fraction of sp³-hybridized carbons (Fsp3) is 0.444. The van der Waals surface area contributed by atoms with Crippen molar-refractivity contribution in [1.82, 2.24) is 10.6 Å². The van der Waals surface area contributed by atoms with E-state index in [1.54, 1.807) is 12.1 Å². The fourth-order valence-electron chi connectivity index (χ4n) is 4.64. The van der Waals surface area contributed by atoms with E-state index in [-0.39, 0.29) is 43.3 Å². The summed E-state index contributed by atoms with van der Waals surface area (Å²) in [6.45, 7) is 6.03. The van der Waals surface area contributed by atoms with Crippen LogP contribution < -0.4 is 20.4 Å². The summed E-state index contributed by atoms with van der Waals surface area (Å²) >= 11 is 0. The SMILES string of the molecule is CC(=O)NC[C@H]1CN(c2ccc(N3C[C@H](CNC(=O)COCc4ccccc4)[C@H](C)C3)c(F)c2)C(=O)O1. The van der Waals surface area contributed by atoms with Crippen LogP contribution in [-0.4, -0.2) is 63.3 Å². The molecule has 10 heteroatoms. The third kappa shape index (κ3) is 6.97. The van der Waals surface area contributed by atoms with Crippen molar-refractivity contribution in [2.45, 2.75) is 26.6 Å². The lowest BCUT2D eigenvalue weighted by atomic mass is 9.98. The van der Waals surface area contributed by atoms with E-state index in [0.29, 0.717) is 37.6 Å². The predicted octanol–water partition coefficient (Wildman–Crippen LogP) is 2.69. The quantitative estimate of drug-likeness (QED) is 0.508. The lowest BCUT2D eigenvalue weighted by Gasteiger charge is -2.21. The third-order valence-electron chi connectivity index (χ3n) is 6.71. The van der Waals surface area contributed by atoms with Crippen molar-refractivity contribution in [1.29, 1.82) is 0 Å². The molecule has 3 atom stereocenters. The Hall–Kier alpha value is -3.66. The van der Waals surface area contributed by atoms with Gasteiger partial charge in [-0.2, -0.15) is 0 Å². The zero-order chi connectivity index (χ0) is 26.4. The van der Waals surface area contributed by atoms with E-state index in [1.807, 2.05) is 35.2 Å². The lowest BCUT2D eigenvalue weighted by Crippen LogP contribution is -2.34. The summed E-state index contributed by atoms with van der Waals surface area (Å²) in [4.78, 5) is 38.9. The Morgan fingerprint density at radius 2 is 1.86 bits per heavy atom. The molecular formula is C27H33FN4O5. The molecule has 0 aromatic heterocycles. The van der Waals surface area contributed by atoms with Gasteiger partial charge in [0.15, 0.2) is 0 Å².